The Morgan fingerprint density at radius 3 is 2.22 bits per heavy atom. The van der Waals surface area contributed by atoms with Crippen LogP contribution >= 0.6 is 0 Å². The Kier molecular flexibility index (Phi) is 5.65. The van der Waals surface area contributed by atoms with Crippen LogP contribution in [0.25, 0.3) is 0 Å². The minimum atomic E-state index is -0.762. The molecule has 0 saturated heterocycles. The molecule has 0 radical (unpaired) electrons. The number of amides is 1. The fraction of sp³-hybridized carbons (Fsp3) is 0.867. The molecule has 0 heterocycles. The van der Waals surface area contributed by atoms with E-state index in [4.69, 9.17) is 0 Å². The molecule has 102 valence electrons. The monoisotopic (exact) mass is 250 g/mol. The summed E-state index contributed by atoms with van der Waals surface area (Å²) in [4.78, 5) is 12.4. The third kappa shape index (κ3) is 4.01. The third-order valence-corrected chi connectivity index (χ3v) is 3.81. The van der Waals surface area contributed by atoms with E-state index in [1.807, 2.05) is 6.92 Å². The van der Waals surface area contributed by atoms with E-state index in [-0.39, 0.29) is 11.9 Å². The number of hydrogen-bond donors (Lipinski definition) is 1. The van der Waals surface area contributed by atoms with E-state index in [2.05, 4.69) is 25.2 Å². The second-order valence-electron chi connectivity index (χ2n) is 6.11. The molecule has 0 bridgehead atoms. The molecule has 1 rings (SSSR count). The van der Waals surface area contributed by atoms with Crippen molar-refractivity contribution in [2.45, 2.75) is 71.8 Å². The molecule has 1 saturated carbocycles. The predicted octanol–water partition coefficient (Wildman–Crippen LogP) is 3.40. The molecule has 0 aromatic carbocycles. The van der Waals surface area contributed by atoms with Crippen LogP contribution in [0.2, 0.25) is 0 Å². The van der Waals surface area contributed by atoms with Crippen molar-refractivity contribution in [3.63, 3.8) is 0 Å². The van der Waals surface area contributed by atoms with E-state index < -0.39 is 5.41 Å². The summed E-state index contributed by atoms with van der Waals surface area (Å²) in [7, 11) is 0. The van der Waals surface area contributed by atoms with E-state index in [1.54, 1.807) is 0 Å². The number of nitriles is 1. The number of rotatable bonds is 4. The van der Waals surface area contributed by atoms with Crippen molar-refractivity contribution >= 4 is 5.91 Å². The van der Waals surface area contributed by atoms with E-state index in [9.17, 15) is 10.1 Å². The average molecular weight is 250 g/mol. The van der Waals surface area contributed by atoms with Crippen molar-refractivity contribution in [3.05, 3.63) is 0 Å². The molecular formula is C15H26N2O. The summed E-state index contributed by atoms with van der Waals surface area (Å²) in [5, 5.41) is 12.5. The van der Waals surface area contributed by atoms with Crippen molar-refractivity contribution < 1.29 is 4.79 Å². The lowest BCUT2D eigenvalue weighted by Gasteiger charge is -2.26. The lowest BCUT2D eigenvalue weighted by Crippen LogP contribution is -2.44. The van der Waals surface area contributed by atoms with Gasteiger partial charge < -0.3 is 5.32 Å². The van der Waals surface area contributed by atoms with Crippen molar-refractivity contribution in [3.8, 4) is 6.07 Å². The first-order valence-electron chi connectivity index (χ1n) is 7.22. The molecule has 1 N–H and O–H groups in total. The Balaban J connectivity index is 2.64. The smallest absolute Gasteiger partial charge is 0.240 e. The highest BCUT2D eigenvalue weighted by Gasteiger charge is 2.39. The zero-order chi connectivity index (χ0) is 13.6. The largest absolute Gasteiger partial charge is 0.352 e. The zero-order valence-electron chi connectivity index (χ0n) is 12.0. The Bertz CT molecular complexity index is 309. The molecule has 3 nitrogen and oxygen atoms in total. The van der Waals surface area contributed by atoms with Crippen molar-refractivity contribution in [2.75, 3.05) is 0 Å². The Hall–Kier alpha value is -1.04. The first-order valence-corrected chi connectivity index (χ1v) is 7.22. The number of nitrogens with zero attached hydrogens (tertiary/aromatic N) is 1. The second-order valence-corrected chi connectivity index (χ2v) is 6.11. The molecule has 18 heavy (non-hydrogen) atoms. The van der Waals surface area contributed by atoms with Crippen LogP contribution in [0.3, 0.4) is 0 Å². The van der Waals surface area contributed by atoms with Gasteiger partial charge >= 0.3 is 0 Å². The highest BCUT2D eigenvalue weighted by atomic mass is 16.2. The number of hydrogen-bond acceptors (Lipinski definition) is 2. The van der Waals surface area contributed by atoms with Crippen molar-refractivity contribution in [1.29, 1.82) is 5.26 Å². The van der Waals surface area contributed by atoms with Crippen LogP contribution in [0.1, 0.15) is 65.7 Å². The van der Waals surface area contributed by atoms with Gasteiger partial charge in [0.05, 0.1) is 6.07 Å². The average Bonchev–Trinajstić information content (AvgIpc) is 2.53. The molecule has 1 aliphatic carbocycles. The summed E-state index contributed by atoms with van der Waals surface area (Å²) in [5.74, 6) is 0.521. The van der Waals surface area contributed by atoms with Gasteiger partial charge in [0.1, 0.15) is 5.41 Å². The molecular weight excluding hydrogens is 224 g/mol. The van der Waals surface area contributed by atoms with Crippen LogP contribution in [0.4, 0.5) is 0 Å². The van der Waals surface area contributed by atoms with Crippen molar-refractivity contribution in [2.24, 2.45) is 11.3 Å². The predicted molar refractivity (Wildman–Crippen MR) is 72.8 cm³/mol. The number of carbonyl (C=O) groups is 1. The summed E-state index contributed by atoms with van der Waals surface area (Å²) in [6.45, 7) is 6.32. The minimum Gasteiger partial charge on any atom is -0.352 e. The normalized spacial score (nSPS) is 20.8. The van der Waals surface area contributed by atoms with Crippen LogP contribution < -0.4 is 5.32 Å². The topological polar surface area (TPSA) is 52.9 Å². The maximum atomic E-state index is 12.4. The summed E-state index contributed by atoms with van der Waals surface area (Å²) in [6.07, 6.45) is 6.72. The lowest BCUT2D eigenvalue weighted by atomic mass is 9.80. The van der Waals surface area contributed by atoms with Gasteiger partial charge in [-0.3, -0.25) is 4.79 Å². The number of carbonyl (C=O) groups excluding carboxylic acids is 1. The van der Waals surface area contributed by atoms with Gasteiger partial charge in [0.2, 0.25) is 5.91 Å². The second kappa shape index (κ2) is 6.78. The molecule has 0 aliphatic heterocycles. The van der Waals surface area contributed by atoms with Crippen LogP contribution in [0, 0.1) is 22.7 Å². The van der Waals surface area contributed by atoms with Gasteiger partial charge in [0.25, 0.3) is 0 Å². The van der Waals surface area contributed by atoms with Gasteiger partial charge in [-0.25, -0.2) is 0 Å². The van der Waals surface area contributed by atoms with E-state index in [1.165, 1.54) is 0 Å². The van der Waals surface area contributed by atoms with Crippen LogP contribution in [0.15, 0.2) is 0 Å². The summed E-state index contributed by atoms with van der Waals surface area (Å²) in [6, 6.07) is 2.46. The standard InChI is InChI=1S/C15H26N2O/c1-12(2)10-13(3)17-14(18)15(11-16)8-6-4-5-7-9-15/h12-13H,4-10H2,1-3H3,(H,17,18). The van der Waals surface area contributed by atoms with E-state index in [0.717, 1.165) is 44.9 Å². The highest BCUT2D eigenvalue weighted by molar-refractivity contribution is 5.85. The van der Waals surface area contributed by atoms with Gasteiger partial charge in [-0.05, 0) is 32.1 Å². The van der Waals surface area contributed by atoms with Crippen LogP contribution in [-0.2, 0) is 4.79 Å². The van der Waals surface area contributed by atoms with Crippen molar-refractivity contribution in [1.82, 2.24) is 5.32 Å². The molecule has 1 fully saturated rings. The quantitative estimate of drug-likeness (QED) is 0.777. The lowest BCUT2D eigenvalue weighted by molar-refractivity contribution is -0.129. The molecule has 1 unspecified atom stereocenters. The van der Waals surface area contributed by atoms with Gasteiger partial charge in [-0.1, -0.05) is 39.5 Å². The van der Waals surface area contributed by atoms with Gasteiger partial charge in [-0.15, -0.1) is 0 Å². The first kappa shape index (κ1) is 15.0. The van der Waals surface area contributed by atoms with Gasteiger partial charge in [0, 0.05) is 6.04 Å². The third-order valence-electron chi connectivity index (χ3n) is 3.81. The minimum absolute atomic E-state index is 0.0416. The fourth-order valence-electron chi connectivity index (χ4n) is 2.85. The molecule has 0 spiro atoms. The summed E-state index contributed by atoms with van der Waals surface area (Å²) >= 11 is 0. The molecule has 1 amide bonds. The summed E-state index contributed by atoms with van der Waals surface area (Å²) < 4.78 is 0. The molecule has 1 aliphatic rings. The maximum Gasteiger partial charge on any atom is 0.240 e. The molecule has 0 aromatic rings. The highest BCUT2D eigenvalue weighted by Crippen LogP contribution is 2.34. The Labute approximate surface area is 111 Å². The van der Waals surface area contributed by atoms with E-state index in [0.29, 0.717) is 5.92 Å². The van der Waals surface area contributed by atoms with E-state index >= 15 is 0 Å². The van der Waals surface area contributed by atoms with Crippen LogP contribution in [0.5, 0.6) is 0 Å². The zero-order valence-corrected chi connectivity index (χ0v) is 12.0. The number of nitrogens with one attached hydrogen (secondary N) is 1. The maximum absolute atomic E-state index is 12.4. The van der Waals surface area contributed by atoms with Gasteiger partial charge in [-0.2, -0.15) is 5.26 Å². The molecule has 0 aromatic heterocycles. The molecule has 3 heteroatoms. The Morgan fingerprint density at radius 2 is 1.78 bits per heavy atom. The van der Waals surface area contributed by atoms with Crippen LogP contribution in [-0.4, -0.2) is 11.9 Å². The molecule has 1 atom stereocenters. The fourth-order valence-corrected chi connectivity index (χ4v) is 2.85. The Morgan fingerprint density at radius 1 is 1.22 bits per heavy atom. The SMILES string of the molecule is CC(C)CC(C)NC(=O)C1(C#N)CCCCCC1. The van der Waals surface area contributed by atoms with Gasteiger partial charge in [0.15, 0.2) is 0 Å². The summed E-state index contributed by atoms with van der Waals surface area (Å²) in [5.41, 5.74) is -0.762. The first-order chi connectivity index (χ1) is 8.50.